The molecule has 0 bridgehead atoms. The van der Waals surface area contributed by atoms with Crippen LogP contribution in [0.3, 0.4) is 0 Å². The smallest absolute Gasteiger partial charge is 0.338 e. The average molecular weight is 368 g/mol. The van der Waals surface area contributed by atoms with Crippen molar-refractivity contribution >= 4 is 24.6 Å². The number of rotatable bonds is 9. The monoisotopic (exact) mass is 368 g/mol. The summed E-state index contributed by atoms with van der Waals surface area (Å²) in [5, 5.41) is 0. The number of hydrogen-bond donors (Lipinski definition) is 0. The zero-order valence-corrected chi connectivity index (χ0v) is 16.0. The Kier molecular flexibility index (Phi) is 6.76. The van der Waals surface area contributed by atoms with Crippen LogP contribution in [0, 0.1) is 0 Å². The summed E-state index contributed by atoms with van der Waals surface area (Å²) in [6, 6.07) is 5.23. The minimum Gasteiger partial charge on any atom is -0.462 e. The first-order valence-electron chi connectivity index (χ1n) is 8.52. The van der Waals surface area contributed by atoms with E-state index in [4.69, 9.17) is 13.8 Å². The number of ether oxygens (including phenoxy) is 1. The van der Waals surface area contributed by atoms with Gasteiger partial charge in [0, 0.05) is 6.54 Å². The molecule has 0 N–H and O–H groups in total. The van der Waals surface area contributed by atoms with E-state index >= 15 is 0 Å². The van der Waals surface area contributed by atoms with Gasteiger partial charge in [0.2, 0.25) is 0 Å². The normalized spacial score (nSPS) is 11.8. The number of nitrogens with zero attached hydrogens (tertiary/aromatic N) is 2. The van der Waals surface area contributed by atoms with Gasteiger partial charge >= 0.3 is 13.6 Å². The van der Waals surface area contributed by atoms with Crippen LogP contribution in [0.1, 0.15) is 43.9 Å². The lowest BCUT2D eigenvalue weighted by atomic mass is 10.2. The lowest BCUT2D eigenvalue weighted by molar-refractivity contribution is 0.0526. The van der Waals surface area contributed by atoms with Crippen molar-refractivity contribution in [2.45, 2.75) is 40.4 Å². The van der Waals surface area contributed by atoms with Crippen molar-refractivity contribution in [1.29, 1.82) is 0 Å². The number of carbonyl (C=O) groups excluding carboxylic acids is 1. The van der Waals surface area contributed by atoms with Crippen molar-refractivity contribution < 1.29 is 23.1 Å². The number of esters is 1. The van der Waals surface area contributed by atoms with E-state index in [1.165, 1.54) is 0 Å². The Morgan fingerprint density at radius 2 is 1.80 bits per heavy atom. The van der Waals surface area contributed by atoms with Crippen LogP contribution in [0.25, 0.3) is 11.0 Å². The molecule has 0 radical (unpaired) electrons. The summed E-state index contributed by atoms with van der Waals surface area (Å²) in [7, 11) is -3.25. The van der Waals surface area contributed by atoms with Gasteiger partial charge in [0.25, 0.3) is 0 Å². The molecule has 0 unspecified atom stereocenters. The Morgan fingerprint density at radius 3 is 2.36 bits per heavy atom. The molecule has 0 atom stereocenters. The van der Waals surface area contributed by atoms with Crippen molar-refractivity contribution in [2.24, 2.45) is 0 Å². The average Bonchev–Trinajstić information content (AvgIpc) is 2.90. The van der Waals surface area contributed by atoms with E-state index in [1.54, 1.807) is 32.9 Å². The van der Waals surface area contributed by atoms with Crippen LogP contribution in [-0.4, -0.2) is 35.3 Å². The lowest BCUT2D eigenvalue weighted by Crippen LogP contribution is -2.06. The van der Waals surface area contributed by atoms with Crippen LogP contribution in [0.2, 0.25) is 0 Å². The third kappa shape index (κ3) is 4.48. The van der Waals surface area contributed by atoms with Gasteiger partial charge in [-0.15, -0.1) is 0 Å². The van der Waals surface area contributed by atoms with Gasteiger partial charge in [-0.05, 0) is 45.9 Å². The first kappa shape index (κ1) is 19.6. The molecule has 1 heterocycles. The van der Waals surface area contributed by atoms with Crippen molar-refractivity contribution in [1.82, 2.24) is 9.55 Å². The number of carbonyl (C=O) groups is 1. The molecule has 2 rings (SSSR count). The third-order valence-electron chi connectivity index (χ3n) is 3.64. The predicted octanol–water partition coefficient (Wildman–Crippen LogP) is 4.00. The Balaban J connectivity index is 2.42. The second-order valence-electron chi connectivity index (χ2n) is 5.30. The summed E-state index contributed by atoms with van der Waals surface area (Å²) in [6.07, 6.45) is 0.0892. The minimum atomic E-state index is -3.25. The van der Waals surface area contributed by atoms with Gasteiger partial charge in [-0.3, -0.25) is 4.57 Å². The van der Waals surface area contributed by atoms with Crippen molar-refractivity contribution in [2.75, 3.05) is 19.8 Å². The van der Waals surface area contributed by atoms with E-state index in [2.05, 4.69) is 4.98 Å². The number of hydrogen-bond acceptors (Lipinski definition) is 6. The summed E-state index contributed by atoms with van der Waals surface area (Å²) < 4.78 is 30.5. The molecule has 0 amide bonds. The first-order chi connectivity index (χ1) is 12.0. The second-order valence-corrected chi connectivity index (χ2v) is 7.36. The van der Waals surface area contributed by atoms with Gasteiger partial charge in [0.05, 0.1) is 36.4 Å². The van der Waals surface area contributed by atoms with E-state index in [0.29, 0.717) is 43.3 Å². The molecule has 0 aliphatic rings. The number of aromatic nitrogens is 2. The Bertz CT molecular complexity index is 777. The third-order valence-corrected chi connectivity index (χ3v) is 5.61. The highest BCUT2D eigenvalue weighted by atomic mass is 31.2. The molecule has 1 aromatic carbocycles. The molecule has 8 heteroatoms. The summed E-state index contributed by atoms with van der Waals surface area (Å²) in [6.45, 7) is 8.88. The maximum atomic E-state index is 12.8. The molecule has 7 nitrogen and oxygen atoms in total. The Labute approximate surface area is 147 Å². The first-order valence-corrected chi connectivity index (χ1v) is 10.2. The zero-order valence-electron chi connectivity index (χ0n) is 15.2. The summed E-state index contributed by atoms with van der Waals surface area (Å²) in [4.78, 5) is 16.5. The molecule has 0 aliphatic heterocycles. The van der Waals surface area contributed by atoms with Crippen molar-refractivity contribution in [3.05, 3.63) is 29.6 Å². The molecular formula is C17H25N2O5P. The van der Waals surface area contributed by atoms with Crippen LogP contribution in [0.15, 0.2) is 18.2 Å². The molecule has 0 saturated carbocycles. The SMILES string of the molecule is CCOC(=O)c1ccc2c(c1)nc(CP(=O)(OCC)OCC)n2CC. The largest absolute Gasteiger partial charge is 0.462 e. The van der Waals surface area contributed by atoms with Crippen LogP contribution in [0.5, 0.6) is 0 Å². The van der Waals surface area contributed by atoms with Gasteiger partial charge in [0.15, 0.2) is 0 Å². The fourth-order valence-electron chi connectivity index (χ4n) is 2.69. The van der Waals surface area contributed by atoms with Crippen LogP contribution in [0.4, 0.5) is 0 Å². The van der Waals surface area contributed by atoms with E-state index < -0.39 is 7.60 Å². The fourth-order valence-corrected chi connectivity index (χ4v) is 4.32. The van der Waals surface area contributed by atoms with Crippen molar-refractivity contribution in [3.63, 3.8) is 0 Å². The molecule has 1 aromatic heterocycles. The maximum absolute atomic E-state index is 12.8. The number of fused-ring (bicyclic) bond motifs is 1. The minimum absolute atomic E-state index is 0.0892. The lowest BCUT2D eigenvalue weighted by Gasteiger charge is -2.17. The number of imidazole rings is 1. The molecule has 138 valence electrons. The molecule has 25 heavy (non-hydrogen) atoms. The van der Waals surface area contributed by atoms with E-state index in [-0.39, 0.29) is 12.1 Å². The van der Waals surface area contributed by atoms with Crippen molar-refractivity contribution in [3.8, 4) is 0 Å². The Morgan fingerprint density at radius 1 is 1.12 bits per heavy atom. The molecule has 0 fully saturated rings. The number of benzene rings is 1. The van der Waals surface area contributed by atoms with E-state index in [0.717, 1.165) is 5.52 Å². The van der Waals surface area contributed by atoms with Gasteiger partial charge in [-0.2, -0.15) is 0 Å². The zero-order chi connectivity index (χ0) is 18.4. The predicted molar refractivity (Wildman–Crippen MR) is 95.9 cm³/mol. The number of aryl methyl sites for hydroxylation is 1. The summed E-state index contributed by atoms with van der Waals surface area (Å²) >= 11 is 0. The Hall–Kier alpha value is -1.69. The topological polar surface area (TPSA) is 79.7 Å². The molecule has 0 aliphatic carbocycles. The van der Waals surface area contributed by atoms with Crippen LogP contribution < -0.4 is 0 Å². The molecule has 0 saturated heterocycles. The van der Waals surface area contributed by atoms with Gasteiger partial charge in [0.1, 0.15) is 12.0 Å². The summed E-state index contributed by atoms with van der Waals surface area (Å²) in [5.74, 6) is 0.232. The fraction of sp³-hybridized carbons (Fsp3) is 0.529. The highest BCUT2D eigenvalue weighted by Gasteiger charge is 2.27. The molecule has 0 spiro atoms. The quantitative estimate of drug-likeness (QED) is 0.492. The summed E-state index contributed by atoms with van der Waals surface area (Å²) in [5.41, 5.74) is 1.96. The van der Waals surface area contributed by atoms with Crippen LogP contribution >= 0.6 is 7.60 Å². The highest BCUT2D eigenvalue weighted by Crippen LogP contribution is 2.51. The van der Waals surface area contributed by atoms with E-state index in [1.807, 2.05) is 17.6 Å². The van der Waals surface area contributed by atoms with Gasteiger partial charge < -0.3 is 18.4 Å². The second kappa shape index (κ2) is 8.61. The van der Waals surface area contributed by atoms with E-state index in [9.17, 15) is 9.36 Å². The van der Waals surface area contributed by atoms with Gasteiger partial charge in [-0.25, -0.2) is 9.78 Å². The highest BCUT2D eigenvalue weighted by molar-refractivity contribution is 7.53. The molecule has 2 aromatic rings. The van der Waals surface area contributed by atoms with Gasteiger partial charge in [-0.1, -0.05) is 0 Å². The standard InChI is InChI=1S/C17H25N2O5P/c1-5-19-15-10-9-13(17(20)22-6-2)11-14(15)18-16(19)12-25(21,23-7-3)24-8-4/h9-11H,5-8,12H2,1-4H3. The maximum Gasteiger partial charge on any atom is 0.338 e. The molecular weight excluding hydrogens is 343 g/mol. The van der Waals surface area contributed by atoms with Crippen LogP contribution in [-0.2, 0) is 31.1 Å².